The van der Waals surface area contributed by atoms with E-state index in [-0.39, 0.29) is 10.8 Å². The highest BCUT2D eigenvalue weighted by Gasteiger charge is 2.29. The molecule has 216 valence electrons. The van der Waals surface area contributed by atoms with Gasteiger partial charge in [0.1, 0.15) is 6.79 Å². The zero-order valence-electron chi connectivity index (χ0n) is 26.1. The van der Waals surface area contributed by atoms with Crippen molar-refractivity contribution >= 4 is 0 Å². The van der Waals surface area contributed by atoms with Gasteiger partial charge < -0.3 is 23.7 Å². The summed E-state index contributed by atoms with van der Waals surface area (Å²) < 4.78 is 25.5. The predicted molar refractivity (Wildman–Crippen MR) is 154 cm³/mol. The molecule has 5 nitrogen and oxygen atoms in total. The van der Waals surface area contributed by atoms with Gasteiger partial charge in [0, 0.05) is 32.8 Å². The van der Waals surface area contributed by atoms with E-state index in [4.69, 9.17) is 23.7 Å². The zero-order valence-corrected chi connectivity index (χ0v) is 26.1. The SMILES string of the molecule is C=C(COC)C(C)(C)C.C=C(COC)C(C)C.CC(C)C1CCOC1.CC(C)CC1(C)COCOC1. The molecule has 2 aliphatic heterocycles. The lowest BCUT2D eigenvalue weighted by Gasteiger charge is -2.34. The van der Waals surface area contributed by atoms with Gasteiger partial charge in [0.15, 0.2) is 0 Å². The summed E-state index contributed by atoms with van der Waals surface area (Å²) in [6.07, 6.45) is 2.46. The fraction of sp³-hybridized carbons (Fsp3) is 0.871. The van der Waals surface area contributed by atoms with Crippen LogP contribution in [0.2, 0.25) is 0 Å². The fourth-order valence-electron chi connectivity index (χ4n) is 3.60. The van der Waals surface area contributed by atoms with E-state index in [1.54, 1.807) is 14.2 Å². The molecule has 2 saturated heterocycles. The van der Waals surface area contributed by atoms with Crippen LogP contribution in [0.1, 0.15) is 82.1 Å². The van der Waals surface area contributed by atoms with E-state index in [1.807, 2.05) is 0 Å². The zero-order chi connectivity index (χ0) is 28.4. The van der Waals surface area contributed by atoms with E-state index in [0.717, 1.165) is 55.3 Å². The molecule has 0 radical (unpaired) electrons. The third-order valence-corrected chi connectivity index (χ3v) is 6.40. The number of ether oxygens (including phenoxy) is 5. The molecule has 0 aromatic rings. The van der Waals surface area contributed by atoms with Crippen LogP contribution in [0, 0.1) is 34.5 Å². The Hall–Kier alpha value is -0.720. The van der Waals surface area contributed by atoms with Crippen molar-refractivity contribution in [2.75, 3.05) is 60.7 Å². The van der Waals surface area contributed by atoms with Gasteiger partial charge in [0.25, 0.3) is 0 Å². The molecule has 0 saturated carbocycles. The third-order valence-electron chi connectivity index (χ3n) is 6.40. The number of rotatable bonds is 8. The van der Waals surface area contributed by atoms with Crippen LogP contribution in [-0.2, 0) is 23.7 Å². The molecule has 1 unspecified atom stereocenters. The summed E-state index contributed by atoms with van der Waals surface area (Å²) >= 11 is 0. The molecule has 2 fully saturated rings. The van der Waals surface area contributed by atoms with E-state index in [1.165, 1.54) is 12.8 Å². The normalized spacial score (nSPS) is 19.0. The average molecular weight is 515 g/mol. The lowest BCUT2D eigenvalue weighted by molar-refractivity contribution is -0.163. The summed E-state index contributed by atoms with van der Waals surface area (Å²) in [5.41, 5.74) is 2.75. The van der Waals surface area contributed by atoms with Crippen LogP contribution >= 0.6 is 0 Å². The van der Waals surface area contributed by atoms with Gasteiger partial charge in [-0.2, -0.15) is 0 Å². The molecule has 0 N–H and O–H groups in total. The quantitative estimate of drug-likeness (QED) is 0.309. The predicted octanol–water partition coefficient (Wildman–Crippen LogP) is 7.80. The lowest BCUT2D eigenvalue weighted by atomic mass is 9.83. The first-order chi connectivity index (χ1) is 16.6. The maximum atomic E-state index is 5.26. The highest BCUT2D eigenvalue weighted by atomic mass is 16.7. The van der Waals surface area contributed by atoms with Gasteiger partial charge in [-0.05, 0) is 53.1 Å². The molecule has 0 bridgehead atoms. The van der Waals surface area contributed by atoms with E-state index in [0.29, 0.717) is 25.9 Å². The van der Waals surface area contributed by atoms with Crippen LogP contribution < -0.4 is 0 Å². The summed E-state index contributed by atoms with van der Waals surface area (Å²) in [6.45, 7) is 35.1. The molecule has 0 spiro atoms. The van der Waals surface area contributed by atoms with Crippen LogP contribution in [0.25, 0.3) is 0 Å². The highest BCUT2D eigenvalue weighted by Crippen LogP contribution is 2.29. The van der Waals surface area contributed by atoms with Crippen LogP contribution in [0.5, 0.6) is 0 Å². The number of hydrogen-bond donors (Lipinski definition) is 0. The molecule has 5 heteroatoms. The molecule has 1 atom stereocenters. The van der Waals surface area contributed by atoms with Gasteiger partial charge >= 0.3 is 0 Å². The van der Waals surface area contributed by atoms with E-state index in [2.05, 4.69) is 82.4 Å². The second-order valence-electron chi connectivity index (χ2n) is 12.6. The number of hydrogen-bond acceptors (Lipinski definition) is 5. The van der Waals surface area contributed by atoms with E-state index < -0.39 is 0 Å². The van der Waals surface area contributed by atoms with Crippen molar-refractivity contribution in [2.24, 2.45) is 34.5 Å². The highest BCUT2D eigenvalue weighted by molar-refractivity contribution is 5.04. The second kappa shape index (κ2) is 20.3. The van der Waals surface area contributed by atoms with Gasteiger partial charge in [0.05, 0.1) is 26.4 Å². The Balaban J connectivity index is 0. The third kappa shape index (κ3) is 20.4. The monoisotopic (exact) mass is 514 g/mol. The summed E-state index contributed by atoms with van der Waals surface area (Å²) in [5.74, 6) is 2.94. The van der Waals surface area contributed by atoms with Crippen molar-refractivity contribution < 1.29 is 23.7 Å². The summed E-state index contributed by atoms with van der Waals surface area (Å²) in [7, 11) is 3.38. The van der Waals surface area contributed by atoms with Crippen LogP contribution in [0.3, 0.4) is 0 Å². The average Bonchev–Trinajstić information content (AvgIpc) is 3.30. The molecule has 0 aromatic heterocycles. The van der Waals surface area contributed by atoms with Gasteiger partial charge in [-0.25, -0.2) is 0 Å². The Morgan fingerprint density at radius 2 is 1.44 bits per heavy atom. The van der Waals surface area contributed by atoms with Gasteiger partial charge in [-0.1, -0.05) is 82.4 Å². The Labute approximate surface area is 225 Å². The molecule has 0 aromatic carbocycles. The first-order valence-corrected chi connectivity index (χ1v) is 13.7. The number of methoxy groups -OCH3 is 2. The topological polar surface area (TPSA) is 46.2 Å². The lowest BCUT2D eigenvalue weighted by Crippen LogP contribution is -2.35. The summed E-state index contributed by atoms with van der Waals surface area (Å²) in [5, 5.41) is 0. The molecule has 0 amide bonds. The smallest absolute Gasteiger partial charge is 0.146 e. The minimum Gasteiger partial charge on any atom is -0.381 e. The Kier molecular flexibility index (Phi) is 21.1. The molecule has 2 aliphatic rings. The molecule has 2 rings (SSSR count). The van der Waals surface area contributed by atoms with Crippen molar-refractivity contribution in [1.82, 2.24) is 0 Å². The van der Waals surface area contributed by atoms with Gasteiger partial charge in [-0.15, -0.1) is 0 Å². The minimum absolute atomic E-state index is 0.190. The maximum Gasteiger partial charge on any atom is 0.146 e. The maximum absolute atomic E-state index is 5.26. The largest absolute Gasteiger partial charge is 0.381 e. The van der Waals surface area contributed by atoms with Crippen molar-refractivity contribution in [3.63, 3.8) is 0 Å². The van der Waals surface area contributed by atoms with Crippen LogP contribution in [0.15, 0.2) is 24.3 Å². The van der Waals surface area contributed by atoms with E-state index in [9.17, 15) is 0 Å². The van der Waals surface area contributed by atoms with Crippen molar-refractivity contribution in [3.8, 4) is 0 Å². The Bertz CT molecular complexity index is 548. The van der Waals surface area contributed by atoms with Crippen molar-refractivity contribution in [2.45, 2.75) is 82.1 Å². The standard InChI is InChI=1S/C9H18O2.C8H16O.2C7H14O/c1-8(2)4-9(3)5-10-7-11-6-9;1-7(6-9-5)8(2,3)4;1-6(2)7-3-4-8-5-7;1-6(2)7(3)5-8-4/h8H,4-7H2,1-3H3;1,6H2,2-5H3;6-7H,3-5H2,1-2H3;6H,3,5H2,1-2,4H3. The summed E-state index contributed by atoms with van der Waals surface area (Å²) in [6, 6.07) is 0. The molecular weight excluding hydrogens is 452 g/mol. The second-order valence-corrected chi connectivity index (χ2v) is 12.6. The first kappa shape index (κ1) is 37.4. The Morgan fingerprint density at radius 1 is 0.917 bits per heavy atom. The first-order valence-electron chi connectivity index (χ1n) is 13.7. The van der Waals surface area contributed by atoms with E-state index >= 15 is 0 Å². The molecular formula is C31H62O5. The van der Waals surface area contributed by atoms with Crippen molar-refractivity contribution in [1.29, 1.82) is 0 Å². The summed E-state index contributed by atoms with van der Waals surface area (Å²) in [4.78, 5) is 0. The van der Waals surface area contributed by atoms with Crippen LogP contribution in [0.4, 0.5) is 0 Å². The molecule has 2 heterocycles. The Morgan fingerprint density at radius 3 is 1.69 bits per heavy atom. The van der Waals surface area contributed by atoms with Crippen molar-refractivity contribution in [3.05, 3.63) is 24.3 Å². The molecule has 36 heavy (non-hydrogen) atoms. The minimum atomic E-state index is 0.190. The fourth-order valence-corrected chi connectivity index (χ4v) is 3.60. The van der Waals surface area contributed by atoms with Crippen LogP contribution in [-0.4, -0.2) is 60.7 Å². The molecule has 0 aliphatic carbocycles. The van der Waals surface area contributed by atoms with Gasteiger partial charge in [0.2, 0.25) is 0 Å². The van der Waals surface area contributed by atoms with Gasteiger partial charge in [-0.3, -0.25) is 0 Å².